The normalized spacial score (nSPS) is 31.3. The molecule has 1 rings (SSSR count). The Bertz CT molecular complexity index is 205. The molecule has 2 atom stereocenters. The van der Waals surface area contributed by atoms with Crippen LogP contribution in [0.5, 0.6) is 0 Å². The first kappa shape index (κ1) is 14.0. The highest BCUT2D eigenvalue weighted by atomic mass is 16.3. The van der Waals surface area contributed by atoms with Crippen LogP contribution in [0.1, 0.15) is 46.5 Å². The van der Waals surface area contributed by atoms with Crippen molar-refractivity contribution in [1.82, 2.24) is 4.90 Å². The van der Waals surface area contributed by atoms with E-state index in [9.17, 15) is 5.11 Å². The minimum absolute atomic E-state index is 0.182. The van der Waals surface area contributed by atoms with Gasteiger partial charge in [0.25, 0.3) is 0 Å². The first-order valence-corrected chi connectivity index (χ1v) is 6.77. The van der Waals surface area contributed by atoms with Gasteiger partial charge in [-0.3, -0.25) is 0 Å². The van der Waals surface area contributed by atoms with Crippen LogP contribution in [0, 0.1) is 17.3 Å². The van der Waals surface area contributed by atoms with Crippen LogP contribution >= 0.6 is 0 Å². The topological polar surface area (TPSA) is 23.5 Å². The maximum atomic E-state index is 9.72. The number of hydrogen-bond acceptors (Lipinski definition) is 2. The molecule has 1 aliphatic carbocycles. The van der Waals surface area contributed by atoms with Crippen LogP contribution in [-0.4, -0.2) is 36.8 Å². The van der Waals surface area contributed by atoms with E-state index in [1.54, 1.807) is 0 Å². The summed E-state index contributed by atoms with van der Waals surface area (Å²) < 4.78 is 0. The SMILES string of the molecule is CC(C)CN(C)CC1(CO)CCCC(C)C1. The van der Waals surface area contributed by atoms with E-state index in [1.807, 2.05) is 0 Å². The summed E-state index contributed by atoms with van der Waals surface area (Å²) in [6.07, 6.45) is 5.04. The molecule has 0 radical (unpaired) electrons. The van der Waals surface area contributed by atoms with Crippen LogP contribution in [0.2, 0.25) is 0 Å². The first-order valence-electron chi connectivity index (χ1n) is 6.77. The van der Waals surface area contributed by atoms with Crippen LogP contribution in [0.4, 0.5) is 0 Å². The third kappa shape index (κ3) is 4.06. The molecule has 1 fully saturated rings. The fraction of sp³-hybridized carbons (Fsp3) is 1.00. The van der Waals surface area contributed by atoms with E-state index in [2.05, 4.69) is 32.7 Å². The first-order chi connectivity index (χ1) is 7.47. The predicted octanol–water partition coefficient (Wildman–Crippen LogP) is 2.76. The van der Waals surface area contributed by atoms with Crippen LogP contribution < -0.4 is 0 Å². The fourth-order valence-corrected chi connectivity index (χ4v) is 3.37. The van der Waals surface area contributed by atoms with Gasteiger partial charge in [0.15, 0.2) is 0 Å². The molecule has 0 spiro atoms. The highest BCUT2D eigenvalue weighted by Gasteiger charge is 2.35. The van der Waals surface area contributed by atoms with Gasteiger partial charge in [0.05, 0.1) is 0 Å². The van der Waals surface area contributed by atoms with Crippen LogP contribution in [0.3, 0.4) is 0 Å². The van der Waals surface area contributed by atoms with E-state index >= 15 is 0 Å². The quantitative estimate of drug-likeness (QED) is 0.780. The summed E-state index contributed by atoms with van der Waals surface area (Å²) in [5.74, 6) is 1.50. The van der Waals surface area contributed by atoms with Crippen molar-refractivity contribution in [3.63, 3.8) is 0 Å². The molecular weight excluding hydrogens is 198 g/mol. The molecule has 1 N–H and O–H groups in total. The monoisotopic (exact) mass is 227 g/mol. The number of aliphatic hydroxyl groups excluding tert-OH is 1. The van der Waals surface area contributed by atoms with Gasteiger partial charge in [0, 0.05) is 25.1 Å². The molecule has 16 heavy (non-hydrogen) atoms. The molecule has 1 saturated carbocycles. The summed E-state index contributed by atoms with van der Waals surface area (Å²) >= 11 is 0. The van der Waals surface area contributed by atoms with Gasteiger partial charge in [-0.2, -0.15) is 0 Å². The minimum Gasteiger partial charge on any atom is -0.396 e. The lowest BCUT2D eigenvalue weighted by molar-refractivity contribution is 0.0284. The second kappa shape index (κ2) is 6.02. The van der Waals surface area contributed by atoms with E-state index in [0.717, 1.165) is 19.0 Å². The molecule has 2 nitrogen and oxygen atoms in total. The Hall–Kier alpha value is -0.0800. The lowest BCUT2D eigenvalue weighted by Crippen LogP contribution is -2.42. The van der Waals surface area contributed by atoms with Crippen molar-refractivity contribution >= 4 is 0 Å². The van der Waals surface area contributed by atoms with Crippen LogP contribution in [0.15, 0.2) is 0 Å². The zero-order valence-corrected chi connectivity index (χ0v) is 11.5. The van der Waals surface area contributed by atoms with Crippen molar-refractivity contribution in [3.05, 3.63) is 0 Å². The van der Waals surface area contributed by atoms with Crippen molar-refractivity contribution in [2.24, 2.45) is 17.3 Å². The van der Waals surface area contributed by atoms with Gasteiger partial charge >= 0.3 is 0 Å². The third-order valence-electron chi connectivity index (χ3n) is 3.80. The lowest BCUT2D eigenvalue weighted by atomic mass is 9.70. The van der Waals surface area contributed by atoms with Gasteiger partial charge in [-0.25, -0.2) is 0 Å². The third-order valence-corrected chi connectivity index (χ3v) is 3.80. The average Bonchev–Trinajstić information content (AvgIpc) is 2.16. The molecule has 0 aromatic carbocycles. The van der Waals surface area contributed by atoms with Gasteiger partial charge in [0.1, 0.15) is 0 Å². The molecule has 0 saturated heterocycles. The molecule has 0 aliphatic heterocycles. The summed E-state index contributed by atoms with van der Waals surface area (Å²) in [6.45, 7) is 9.39. The molecule has 0 amide bonds. The maximum absolute atomic E-state index is 9.72. The Morgan fingerprint density at radius 3 is 2.62 bits per heavy atom. The Morgan fingerprint density at radius 1 is 1.44 bits per heavy atom. The molecule has 0 bridgehead atoms. The number of aliphatic hydroxyl groups is 1. The summed E-state index contributed by atoms with van der Waals surface area (Å²) in [5, 5.41) is 9.72. The summed E-state index contributed by atoms with van der Waals surface area (Å²) in [5.41, 5.74) is 0.182. The maximum Gasteiger partial charge on any atom is 0.0499 e. The zero-order chi connectivity index (χ0) is 12.2. The van der Waals surface area contributed by atoms with Crippen molar-refractivity contribution in [3.8, 4) is 0 Å². The molecule has 2 heteroatoms. The standard InChI is InChI=1S/C14H29NO/c1-12(2)9-15(4)10-14(11-16)7-5-6-13(3)8-14/h12-13,16H,5-11H2,1-4H3. The molecule has 2 unspecified atom stereocenters. The van der Waals surface area contributed by atoms with E-state index in [4.69, 9.17) is 0 Å². The average molecular weight is 227 g/mol. The van der Waals surface area contributed by atoms with Gasteiger partial charge in [-0.1, -0.05) is 33.6 Å². The van der Waals surface area contributed by atoms with Crippen molar-refractivity contribution in [2.75, 3.05) is 26.7 Å². The van der Waals surface area contributed by atoms with E-state index < -0.39 is 0 Å². The van der Waals surface area contributed by atoms with Crippen molar-refractivity contribution in [2.45, 2.75) is 46.5 Å². The predicted molar refractivity (Wildman–Crippen MR) is 69.5 cm³/mol. The molecule has 0 aromatic heterocycles. The highest BCUT2D eigenvalue weighted by molar-refractivity contribution is 4.87. The van der Waals surface area contributed by atoms with Gasteiger partial charge in [-0.05, 0) is 31.7 Å². The van der Waals surface area contributed by atoms with E-state index in [-0.39, 0.29) is 5.41 Å². The molecule has 1 aliphatic rings. The Kier molecular flexibility index (Phi) is 5.26. The number of nitrogens with zero attached hydrogens (tertiary/aromatic N) is 1. The summed E-state index contributed by atoms with van der Waals surface area (Å²) in [4.78, 5) is 2.40. The second-order valence-electron chi connectivity index (χ2n) is 6.45. The summed E-state index contributed by atoms with van der Waals surface area (Å²) in [7, 11) is 2.19. The highest BCUT2D eigenvalue weighted by Crippen LogP contribution is 2.39. The molecule has 96 valence electrons. The lowest BCUT2D eigenvalue weighted by Gasteiger charge is -2.41. The smallest absolute Gasteiger partial charge is 0.0499 e. The fourth-order valence-electron chi connectivity index (χ4n) is 3.37. The van der Waals surface area contributed by atoms with Gasteiger partial charge in [0.2, 0.25) is 0 Å². The molecule has 0 heterocycles. The largest absolute Gasteiger partial charge is 0.396 e. The summed E-state index contributed by atoms with van der Waals surface area (Å²) in [6, 6.07) is 0. The van der Waals surface area contributed by atoms with Crippen molar-refractivity contribution in [1.29, 1.82) is 0 Å². The zero-order valence-electron chi connectivity index (χ0n) is 11.5. The molecular formula is C14H29NO. The van der Waals surface area contributed by atoms with Crippen molar-refractivity contribution < 1.29 is 5.11 Å². The number of rotatable bonds is 5. The Balaban J connectivity index is 2.52. The molecule has 0 aromatic rings. The second-order valence-corrected chi connectivity index (χ2v) is 6.45. The van der Waals surface area contributed by atoms with Crippen LogP contribution in [-0.2, 0) is 0 Å². The van der Waals surface area contributed by atoms with Crippen LogP contribution in [0.25, 0.3) is 0 Å². The number of hydrogen-bond donors (Lipinski definition) is 1. The van der Waals surface area contributed by atoms with Gasteiger partial charge in [-0.15, -0.1) is 0 Å². The van der Waals surface area contributed by atoms with E-state index in [1.165, 1.54) is 25.7 Å². The van der Waals surface area contributed by atoms with E-state index in [0.29, 0.717) is 12.5 Å². The minimum atomic E-state index is 0.182. The Labute approximate surface area is 101 Å². The van der Waals surface area contributed by atoms with Gasteiger partial charge < -0.3 is 10.0 Å². The Morgan fingerprint density at radius 2 is 2.12 bits per heavy atom.